The Labute approximate surface area is 86.8 Å². The number of rotatable bonds is 0. The van der Waals surface area contributed by atoms with Gasteiger partial charge in [0.05, 0.1) is 12.8 Å². The highest BCUT2D eigenvalue weighted by molar-refractivity contribution is 6.09. The lowest BCUT2D eigenvalue weighted by Gasteiger charge is -2.31. The molecule has 1 saturated heterocycles. The molecule has 1 N–H and O–H groups in total. The molecular formula is C10H11N3O2. The molecule has 0 bridgehead atoms. The molecule has 1 amide bonds. The molecule has 1 fully saturated rings. The van der Waals surface area contributed by atoms with E-state index in [1.54, 1.807) is 12.5 Å². The van der Waals surface area contributed by atoms with Crippen molar-refractivity contribution in [2.75, 3.05) is 0 Å². The maximum atomic E-state index is 11.7. The summed E-state index contributed by atoms with van der Waals surface area (Å²) in [6.07, 6.45) is 3.27. The number of guanidine groups is 1. The topological polar surface area (TPSA) is 57.8 Å². The third-order valence-electron chi connectivity index (χ3n) is 2.99. The zero-order valence-corrected chi connectivity index (χ0v) is 8.57. The quantitative estimate of drug-likeness (QED) is 0.687. The highest BCUT2D eigenvalue weighted by Gasteiger charge is 2.45. The SMILES string of the molecule is CC1(C)C(=O)NC2=Nc3cocc3CN21. The summed E-state index contributed by atoms with van der Waals surface area (Å²) < 4.78 is 5.08. The summed E-state index contributed by atoms with van der Waals surface area (Å²) in [4.78, 5) is 18.0. The molecule has 5 heteroatoms. The van der Waals surface area contributed by atoms with E-state index >= 15 is 0 Å². The first-order valence-corrected chi connectivity index (χ1v) is 4.82. The molecule has 0 aromatic carbocycles. The Balaban J connectivity index is 2.10. The van der Waals surface area contributed by atoms with Crippen LogP contribution in [0, 0.1) is 0 Å². The van der Waals surface area contributed by atoms with Gasteiger partial charge in [-0.3, -0.25) is 10.1 Å². The van der Waals surface area contributed by atoms with Crippen LogP contribution in [-0.4, -0.2) is 22.3 Å². The Bertz CT molecular complexity index is 473. The summed E-state index contributed by atoms with van der Waals surface area (Å²) in [5.74, 6) is 0.613. The number of fused-ring (bicyclic) bond motifs is 2. The van der Waals surface area contributed by atoms with Crippen molar-refractivity contribution in [2.45, 2.75) is 25.9 Å². The number of carbonyl (C=O) groups excluding carboxylic acids is 1. The monoisotopic (exact) mass is 205 g/mol. The molecule has 3 heterocycles. The van der Waals surface area contributed by atoms with Gasteiger partial charge in [0.25, 0.3) is 5.91 Å². The Morgan fingerprint density at radius 2 is 2.33 bits per heavy atom. The number of nitrogens with one attached hydrogen (secondary N) is 1. The van der Waals surface area contributed by atoms with Crippen molar-refractivity contribution in [1.82, 2.24) is 10.2 Å². The predicted molar refractivity (Wildman–Crippen MR) is 53.6 cm³/mol. The maximum absolute atomic E-state index is 11.7. The molecular weight excluding hydrogens is 194 g/mol. The number of aliphatic imine (C=N–C) groups is 1. The molecule has 3 rings (SSSR count). The van der Waals surface area contributed by atoms with Gasteiger partial charge in [-0.15, -0.1) is 0 Å². The fourth-order valence-corrected chi connectivity index (χ4v) is 1.89. The van der Waals surface area contributed by atoms with E-state index in [0.29, 0.717) is 12.5 Å². The molecule has 5 nitrogen and oxygen atoms in total. The van der Waals surface area contributed by atoms with E-state index in [0.717, 1.165) is 11.3 Å². The Morgan fingerprint density at radius 3 is 3.13 bits per heavy atom. The predicted octanol–water partition coefficient (Wildman–Crippen LogP) is 0.991. The molecule has 0 aliphatic carbocycles. The molecule has 0 spiro atoms. The van der Waals surface area contributed by atoms with Gasteiger partial charge in [-0.2, -0.15) is 0 Å². The molecule has 0 saturated carbocycles. The van der Waals surface area contributed by atoms with Crippen LogP contribution < -0.4 is 5.32 Å². The third kappa shape index (κ3) is 0.973. The number of hydrogen-bond donors (Lipinski definition) is 1. The van der Waals surface area contributed by atoms with Gasteiger partial charge in [0.2, 0.25) is 5.96 Å². The average molecular weight is 205 g/mol. The van der Waals surface area contributed by atoms with Gasteiger partial charge >= 0.3 is 0 Å². The Hall–Kier alpha value is -1.78. The zero-order valence-electron chi connectivity index (χ0n) is 8.57. The number of furan rings is 1. The van der Waals surface area contributed by atoms with E-state index in [9.17, 15) is 4.79 Å². The van der Waals surface area contributed by atoms with Gasteiger partial charge in [0, 0.05) is 5.56 Å². The fraction of sp³-hybridized carbons (Fsp3) is 0.400. The lowest BCUT2D eigenvalue weighted by atomic mass is 10.0. The number of nitrogens with zero attached hydrogens (tertiary/aromatic N) is 2. The lowest BCUT2D eigenvalue weighted by Crippen LogP contribution is -2.44. The van der Waals surface area contributed by atoms with Crippen molar-refractivity contribution in [3.63, 3.8) is 0 Å². The normalized spacial score (nSPS) is 21.9. The average Bonchev–Trinajstić information content (AvgIpc) is 2.69. The summed E-state index contributed by atoms with van der Waals surface area (Å²) in [6, 6.07) is 0. The van der Waals surface area contributed by atoms with Crippen LogP contribution in [0.3, 0.4) is 0 Å². The Kier molecular flexibility index (Phi) is 1.37. The molecule has 15 heavy (non-hydrogen) atoms. The second-order valence-electron chi connectivity index (χ2n) is 4.32. The van der Waals surface area contributed by atoms with Crippen LogP contribution in [-0.2, 0) is 11.3 Å². The first-order valence-electron chi connectivity index (χ1n) is 4.82. The van der Waals surface area contributed by atoms with Crippen LogP contribution >= 0.6 is 0 Å². The third-order valence-corrected chi connectivity index (χ3v) is 2.99. The number of amides is 1. The molecule has 1 aromatic rings. The van der Waals surface area contributed by atoms with Crippen molar-refractivity contribution in [2.24, 2.45) is 4.99 Å². The van der Waals surface area contributed by atoms with Crippen molar-refractivity contribution in [3.05, 3.63) is 18.1 Å². The van der Waals surface area contributed by atoms with Crippen LogP contribution in [0.4, 0.5) is 5.69 Å². The first kappa shape index (κ1) is 8.52. The van der Waals surface area contributed by atoms with Crippen LogP contribution in [0.5, 0.6) is 0 Å². The van der Waals surface area contributed by atoms with Crippen LogP contribution in [0.15, 0.2) is 21.9 Å². The fourth-order valence-electron chi connectivity index (χ4n) is 1.89. The summed E-state index contributed by atoms with van der Waals surface area (Å²) in [5, 5.41) is 2.77. The molecule has 0 radical (unpaired) electrons. The van der Waals surface area contributed by atoms with Crippen LogP contribution in [0.25, 0.3) is 0 Å². The van der Waals surface area contributed by atoms with E-state index in [4.69, 9.17) is 4.42 Å². The van der Waals surface area contributed by atoms with E-state index in [2.05, 4.69) is 10.3 Å². The summed E-state index contributed by atoms with van der Waals surface area (Å²) in [6.45, 7) is 4.43. The second kappa shape index (κ2) is 2.42. The van der Waals surface area contributed by atoms with Gasteiger partial charge in [0.15, 0.2) is 0 Å². The smallest absolute Gasteiger partial charge is 0.252 e. The minimum Gasteiger partial charge on any atom is -0.470 e. The van der Waals surface area contributed by atoms with Crippen LogP contribution in [0.1, 0.15) is 19.4 Å². The summed E-state index contributed by atoms with van der Waals surface area (Å²) in [5.41, 5.74) is 1.29. The minimum atomic E-state index is -0.534. The van der Waals surface area contributed by atoms with Crippen LogP contribution in [0.2, 0.25) is 0 Å². The number of carbonyl (C=O) groups is 1. The van der Waals surface area contributed by atoms with E-state index < -0.39 is 5.54 Å². The minimum absolute atomic E-state index is 0.0108. The lowest BCUT2D eigenvalue weighted by molar-refractivity contribution is -0.125. The van der Waals surface area contributed by atoms with Crippen molar-refractivity contribution >= 4 is 17.6 Å². The van der Waals surface area contributed by atoms with Gasteiger partial charge in [0.1, 0.15) is 17.5 Å². The number of hydrogen-bond acceptors (Lipinski definition) is 4. The highest BCUT2D eigenvalue weighted by atomic mass is 16.3. The van der Waals surface area contributed by atoms with Crippen molar-refractivity contribution < 1.29 is 9.21 Å². The Morgan fingerprint density at radius 1 is 1.53 bits per heavy atom. The molecule has 1 aromatic heterocycles. The van der Waals surface area contributed by atoms with Gasteiger partial charge in [-0.1, -0.05) is 0 Å². The maximum Gasteiger partial charge on any atom is 0.252 e. The summed E-state index contributed by atoms with van der Waals surface area (Å²) >= 11 is 0. The molecule has 78 valence electrons. The van der Waals surface area contributed by atoms with E-state index in [1.807, 2.05) is 18.7 Å². The standard InChI is InChI=1S/C10H11N3O2/c1-10(2)8(14)12-9-11-7-5-15-4-6(7)3-13(9)10/h4-5H,3H2,1-2H3,(H,11,12,14). The van der Waals surface area contributed by atoms with E-state index in [-0.39, 0.29) is 5.91 Å². The van der Waals surface area contributed by atoms with Gasteiger partial charge < -0.3 is 9.32 Å². The van der Waals surface area contributed by atoms with Gasteiger partial charge in [-0.25, -0.2) is 4.99 Å². The molecule has 2 aliphatic rings. The largest absolute Gasteiger partial charge is 0.470 e. The molecule has 0 unspecified atom stereocenters. The molecule has 2 aliphatic heterocycles. The second-order valence-corrected chi connectivity index (χ2v) is 4.32. The van der Waals surface area contributed by atoms with Gasteiger partial charge in [-0.05, 0) is 13.8 Å². The van der Waals surface area contributed by atoms with Crippen molar-refractivity contribution in [1.29, 1.82) is 0 Å². The first-order chi connectivity index (χ1) is 7.09. The zero-order chi connectivity index (χ0) is 10.6. The molecule has 0 atom stereocenters. The van der Waals surface area contributed by atoms with E-state index in [1.165, 1.54) is 0 Å². The van der Waals surface area contributed by atoms with Crippen molar-refractivity contribution in [3.8, 4) is 0 Å². The summed E-state index contributed by atoms with van der Waals surface area (Å²) in [7, 11) is 0. The highest BCUT2D eigenvalue weighted by Crippen LogP contribution is 2.33.